The van der Waals surface area contributed by atoms with Crippen molar-refractivity contribution >= 4 is 11.8 Å². The van der Waals surface area contributed by atoms with E-state index >= 15 is 0 Å². The van der Waals surface area contributed by atoms with Gasteiger partial charge in [-0.15, -0.1) is 0 Å². The number of thioether (sulfide) groups is 1. The van der Waals surface area contributed by atoms with Crippen LogP contribution in [0.25, 0.3) is 0 Å². The van der Waals surface area contributed by atoms with Crippen LogP contribution in [0.2, 0.25) is 0 Å². The second kappa shape index (κ2) is 4.47. The summed E-state index contributed by atoms with van der Waals surface area (Å²) in [5.41, 5.74) is 0. The van der Waals surface area contributed by atoms with E-state index in [1.807, 2.05) is 13.2 Å². The van der Waals surface area contributed by atoms with Crippen LogP contribution < -0.4 is 0 Å². The SMILES string of the molecule is CCC(C[O])SC. The zero-order chi connectivity index (χ0) is 5.70. The van der Waals surface area contributed by atoms with Gasteiger partial charge >= 0.3 is 0 Å². The molecule has 2 heteroatoms. The lowest BCUT2D eigenvalue weighted by molar-refractivity contribution is 0.193. The molecule has 0 heterocycles. The summed E-state index contributed by atoms with van der Waals surface area (Å²) in [6, 6.07) is 0. The van der Waals surface area contributed by atoms with E-state index in [4.69, 9.17) is 0 Å². The molecule has 1 nitrogen and oxygen atoms in total. The molecule has 0 saturated heterocycles. The number of rotatable bonds is 3. The van der Waals surface area contributed by atoms with E-state index in [0.29, 0.717) is 5.25 Å². The van der Waals surface area contributed by atoms with Crippen LogP contribution >= 0.6 is 11.8 Å². The van der Waals surface area contributed by atoms with E-state index in [1.165, 1.54) is 0 Å². The number of hydrogen-bond donors (Lipinski definition) is 0. The fourth-order valence-electron chi connectivity index (χ4n) is 0.353. The molecule has 0 fully saturated rings. The summed E-state index contributed by atoms with van der Waals surface area (Å²) in [5.74, 6) is 0. The highest BCUT2D eigenvalue weighted by Crippen LogP contribution is 2.07. The minimum absolute atomic E-state index is 0.0671. The first-order chi connectivity index (χ1) is 3.35. The van der Waals surface area contributed by atoms with Crippen LogP contribution in [0.3, 0.4) is 0 Å². The van der Waals surface area contributed by atoms with E-state index < -0.39 is 0 Å². The summed E-state index contributed by atoms with van der Waals surface area (Å²) in [7, 11) is 0. The molecular formula is C5H11OS. The van der Waals surface area contributed by atoms with Crippen LogP contribution in [0.1, 0.15) is 13.3 Å². The molecule has 0 aromatic heterocycles. The van der Waals surface area contributed by atoms with E-state index in [1.54, 1.807) is 11.8 Å². The highest BCUT2D eigenvalue weighted by atomic mass is 32.2. The van der Waals surface area contributed by atoms with Gasteiger partial charge in [-0.2, -0.15) is 11.8 Å². The van der Waals surface area contributed by atoms with Crippen LogP contribution in [0.5, 0.6) is 0 Å². The Morgan fingerprint density at radius 3 is 2.29 bits per heavy atom. The Morgan fingerprint density at radius 2 is 2.29 bits per heavy atom. The topological polar surface area (TPSA) is 19.9 Å². The van der Waals surface area contributed by atoms with Gasteiger partial charge in [0, 0.05) is 5.25 Å². The van der Waals surface area contributed by atoms with E-state index in [0.717, 1.165) is 6.42 Å². The second-order valence-electron chi connectivity index (χ2n) is 1.43. The maximum absolute atomic E-state index is 10.1. The molecule has 0 bridgehead atoms. The third-order valence-electron chi connectivity index (χ3n) is 0.975. The van der Waals surface area contributed by atoms with Crippen LogP contribution in [0, 0.1) is 0 Å². The van der Waals surface area contributed by atoms with Gasteiger partial charge in [0.1, 0.15) is 0 Å². The quantitative estimate of drug-likeness (QED) is 0.552. The average molecular weight is 119 g/mol. The van der Waals surface area contributed by atoms with Gasteiger partial charge in [0.2, 0.25) is 0 Å². The Hall–Kier alpha value is 0.310. The highest BCUT2D eigenvalue weighted by Gasteiger charge is 1.99. The molecule has 0 saturated carbocycles. The zero-order valence-corrected chi connectivity index (χ0v) is 5.62. The third kappa shape index (κ3) is 2.94. The number of hydrogen-bond acceptors (Lipinski definition) is 1. The van der Waals surface area contributed by atoms with Crippen molar-refractivity contribution in [3.63, 3.8) is 0 Å². The van der Waals surface area contributed by atoms with E-state index in [-0.39, 0.29) is 6.61 Å². The Kier molecular flexibility index (Phi) is 4.67. The fourth-order valence-corrected chi connectivity index (χ4v) is 0.822. The molecule has 0 spiro atoms. The molecule has 0 aromatic rings. The van der Waals surface area contributed by atoms with E-state index in [9.17, 15) is 5.11 Å². The van der Waals surface area contributed by atoms with Gasteiger partial charge in [-0.3, -0.25) is 0 Å². The molecule has 0 aromatic carbocycles. The molecule has 1 radical (unpaired) electrons. The van der Waals surface area contributed by atoms with Crippen molar-refractivity contribution in [2.45, 2.75) is 18.6 Å². The minimum atomic E-state index is 0.0671. The Bertz CT molecular complexity index is 29.6. The predicted molar refractivity (Wildman–Crippen MR) is 33.1 cm³/mol. The summed E-state index contributed by atoms with van der Waals surface area (Å²) in [4.78, 5) is 0. The first-order valence-electron chi connectivity index (χ1n) is 2.46. The van der Waals surface area contributed by atoms with E-state index in [2.05, 4.69) is 0 Å². The molecule has 0 aliphatic heterocycles. The van der Waals surface area contributed by atoms with Crippen LogP contribution in [-0.4, -0.2) is 18.1 Å². The first kappa shape index (κ1) is 7.31. The molecule has 43 valence electrons. The zero-order valence-electron chi connectivity index (χ0n) is 4.81. The summed E-state index contributed by atoms with van der Waals surface area (Å²) < 4.78 is 0. The fraction of sp³-hybridized carbons (Fsp3) is 1.00. The molecule has 7 heavy (non-hydrogen) atoms. The monoisotopic (exact) mass is 119 g/mol. The molecule has 0 aliphatic rings. The normalized spacial score (nSPS) is 14.1. The van der Waals surface area contributed by atoms with Gasteiger partial charge < -0.3 is 0 Å². The van der Waals surface area contributed by atoms with Gasteiger partial charge in [-0.05, 0) is 12.7 Å². The highest BCUT2D eigenvalue weighted by molar-refractivity contribution is 7.99. The molecule has 1 atom stereocenters. The van der Waals surface area contributed by atoms with Crippen LogP contribution in [0.4, 0.5) is 0 Å². The summed E-state index contributed by atoms with van der Waals surface area (Å²) in [6.07, 6.45) is 2.98. The lowest BCUT2D eigenvalue weighted by Crippen LogP contribution is -2.03. The van der Waals surface area contributed by atoms with Crippen LogP contribution in [-0.2, 0) is 5.11 Å². The van der Waals surface area contributed by atoms with Crippen molar-refractivity contribution in [2.75, 3.05) is 12.9 Å². The van der Waals surface area contributed by atoms with Crippen molar-refractivity contribution in [2.24, 2.45) is 0 Å². The second-order valence-corrected chi connectivity index (χ2v) is 2.57. The smallest absolute Gasteiger partial charge is 0.0940 e. The van der Waals surface area contributed by atoms with Gasteiger partial charge in [0.15, 0.2) is 0 Å². The molecule has 0 rings (SSSR count). The van der Waals surface area contributed by atoms with Crippen LogP contribution in [0.15, 0.2) is 0 Å². The largest absolute Gasteiger partial charge is 0.236 e. The first-order valence-corrected chi connectivity index (χ1v) is 3.74. The van der Waals surface area contributed by atoms with Gasteiger partial charge in [-0.25, -0.2) is 5.11 Å². The predicted octanol–water partition coefficient (Wildman–Crippen LogP) is 1.56. The lowest BCUT2D eigenvalue weighted by Gasteiger charge is -2.02. The maximum atomic E-state index is 10.1. The van der Waals surface area contributed by atoms with Gasteiger partial charge in [0.05, 0.1) is 6.61 Å². The van der Waals surface area contributed by atoms with Crippen molar-refractivity contribution in [1.82, 2.24) is 0 Å². The molecule has 1 unspecified atom stereocenters. The van der Waals surface area contributed by atoms with Crippen molar-refractivity contribution in [1.29, 1.82) is 0 Å². The molecule has 0 amide bonds. The maximum Gasteiger partial charge on any atom is 0.0940 e. The van der Waals surface area contributed by atoms with Gasteiger partial charge in [-0.1, -0.05) is 6.92 Å². The Labute approximate surface area is 49.1 Å². The average Bonchev–Trinajstić information content (AvgIpc) is 1.72. The van der Waals surface area contributed by atoms with Crippen molar-refractivity contribution < 1.29 is 5.11 Å². The standard InChI is InChI=1S/C5H11OS/c1-3-5(4-6)7-2/h5H,3-4H2,1-2H3. The Balaban J connectivity index is 2.99. The van der Waals surface area contributed by atoms with Crippen molar-refractivity contribution in [3.8, 4) is 0 Å². The minimum Gasteiger partial charge on any atom is -0.236 e. The molecule has 0 aliphatic carbocycles. The Morgan fingerprint density at radius 1 is 1.71 bits per heavy atom. The van der Waals surface area contributed by atoms with Crippen molar-refractivity contribution in [3.05, 3.63) is 0 Å². The summed E-state index contributed by atoms with van der Waals surface area (Å²) >= 11 is 1.66. The molecular weight excluding hydrogens is 108 g/mol. The summed E-state index contributed by atoms with van der Waals surface area (Å²) in [5, 5.41) is 10.4. The van der Waals surface area contributed by atoms with Gasteiger partial charge in [0.25, 0.3) is 0 Å². The lowest BCUT2D eigenvalue weighted by atomic mass is 10.3. The molecule has 0 N–H and O–H groups in total. The third-order valence-corrected chi connectivity index (χ3v) is 2.11. The summed E-state index contributed by atoms with van der Waals surface area (Å²) in [6.45, 7) is 2.11.